The molecule has 2 aromatic heterocycles. The lowest BCUT2D eigenvalue weighted by molar-refractivity contribution is 0.130. The van der Waals surface area contributed by atoms with Crippen LogP contribution in [-0.2, 0) is 13.0 Å². The largest absolute Gasteiger partial charge is 0.382 e. The third-order valence-corrected chi connectivity index (χ3v) is 5.85. The summed E-state index contributed by atoms with van der Waals surface area (Å²) in [6.07, 6.45) is 9.12. The Kier molecular flexibility index (Phi) is 3.94. The van der Waals surface area contributed by atoms with E-state index in [-0.39, 0.29) is 0 Å². The predicted molar refractivity (Wildman–Crippen MR) is 98.7 cm³/mol. The number of aliphatic hydroxyl groups excluding tert-OH is 1. The highest BCUT2D eigenvalue weighted by molar-refractivity contribution is 5.77. The monoisotopic (exact) mass is 349 g/mol. The van der Waals surface area contributed by atoms with Gasteiger partial charge in [-0.3, -0.25) is 14.9 Å². The van der Waals surface area contributed by atoms with Crippen LogP contribution in [0.15, 0.2) is 36.8 Å². The average Bonchev–Trinajstić information content (AvgIpc) is 2.86. The number of aromatic nitrogens is 4. The first-order valence-corrected chi connectivity index (χ1v) is 9.47. The molecule has 1 unspecified atom stereocenters. The smallest absolute Gasteiger partial charge is 0.123 e. The number of aliphatic hydroxyl groups is 1. The van der Waals surface area contributed by atoms with Crippen molar-refractivity contribution < 1.29 is 5.11 Å². The summed E-state index contributed by atoms with van der Waals surface area (Å²) >= 11 is 0. The maximum Gasteiger partial charge on any atom is 0.123 e. The van der Waals surface area contributed by atoms with Crippen LogP contribution < -0.4 is 0 Å². The van der Waals surface area contributed by atoms with Crippen molar-refractivity contribution in [3.8, 4) is 0 Å². The van der Waals surface area contributed by atoms with Crippen molar-refractivity contribution in [2.45, 2.75) is 44.4 Å². The van der Waals surface area contributed by atoms with E-state index in [0.29, 0.717) is 5.69 Å². The van der Waals surface area contributed by atoms with Gasteiger partial charge in [0.05, 0.1) is 22.9 Å². The van der Waals surface area contributed by atoms with Crippen LogP contribution in [0.5, 0.6) is 0 Å². The third kappa shape index (κ3) is 2.70. The number of nitrogens with zero attached hydrogens (tertiary/aromatic N) is 5. The summed E-state index contributed by atoms with van der Waals surface area (Å²) in [4.78, 5) is 15.8. The highest BCUT2D eigenvalue weighted by Gasteiger charge is 2.27. The van der Waals surface area contributed by atoms with Gasteiger partial charge in [-0.2, -0.15) is 0 Å². The number of hydrogen-bond acceptors (Lipinski definition) is 5. The zero-order valence-corrected chi connectivity index (χ0v) is 14.8. The Morgan fingerprint density at radius 3 is 2.81 bits per heavy atom. The van der Waals surface area contributed by atoms with Crippen molar-refractivity contribution in [3.63, 3.8) is 0 Å². The van der Waals surface area contributed by atoms with E-state index >= 15 is 0 Å². The Bertz CT molecular complexity index is 919. The Morgan fingerprint density at radius 1 is 1.12 bits per heavy atom. The highest BCUT2D eigenvalue weighted by Crippen LogP contribution is 2.28. The topological polar surface area (TPSA) is 67.1 Å². The fraction of sp³-hybridized carbons (Fsp3) is 0.450. The standard InChI is InChI=1S/C20H23N5O/c26-20(17-13-21-7-8-22-17)14-4-5-18-16(12-14)23-19-6-9-24(10-11-25(18)19)15-2-1-3-15/h4-5,7-8,12-13,15,20,26H,1-3,6,9-11H2. The maximum atomic E-state index is 10.6. The molecule has 1 saturated carbocycles. The third-order valence-electron chi connectivity index (χ3n) is 5.85. The SMILES string of the molecule is OC(c1ccc2c(c1)nc1n2CCN(C2CCC2)CC1)c1cnccn1. The molecule has 3 aromatic rings. The van der Waals surface area contributed by atoms with Crippen molar-refractivity contribution >= 4 is 11.0 Å². The molecule has 1 aliphatic heterocycles. The van der Waals surface area contributed by atoms with Gasteiger partial charge in [-0.25, -0.2) is 4.98 Å². The van der Waals surface area contributed by atoms with Gasteiger partial charge in [-0.05, 0) is 30.5 Å². The molecule has 134 valence electrons. The van der Waals surface area contributed by atoms with Gasteiger partial charge in [0, 0.05) is 44.5 Å². The highest BCUT2D eigenvalue weighted by atomic mass is 16.3. The van der Waals surface area contributed by atoms with Crippen LogP contribution in [0.3, 0.4) is 0 Å². The maximum absolute atomic E-state index is 10.6. The van der Waals surface area contributed by atoms with Gasteiger partial charge in [-0.15, -0.1) is 0 Å². The second-order valence-electron chi connectivity index (χ2n) is 7.33. The minimum atomic E-state index is -0.774. The van der Waals surface area contributed by atoms with Crippen LogP contribution in [0, 0.1) is 0 Å². The fourth-order valence-electron chi connectivity index (χ4n) is 4.13. The second-order valence-corrected chi connectivity index (χ2v) is 7.33. The van der Waals surface area contributed by atoms with Crippen LogP contribution in [-0.4, -0.2) is 48.7 Å². The van der Waals surface area contributed by atoms with Crippen molar-refractivity contribution in [1.82, 2.24) is 24.4 Å². The lowest BCUT2D eigenvalue weighted by atomic mass is 9.91. The molecule has 0 spiro atoms. The number of fused-ring (bicyclic) bond motifs is 3. The predicted octanol–water partition coefficient (Wildman–Crippen LogP) is 2.32. The van der Waals surface area contributed by atoms with E-state index in [4.69, 9.17) is 4.98 Å². The Balaban J connectivity index is 1.43. The molecule has 1 aliphatic carbocycles. The van der Waals surface area contributed by atoms with Crippen LogP contribution in [0.25, 0.3) is 11.0 Å². The van der Waals surface area contributed by atoms with Gasteiger partial charge in [0.15, 0.2) is 0 Å². The van der Waals surface area contributed by atoms with Crippen LogP contribution in [0.4, 0.5) is 0 Å². The average molecular weight is 349 g/mol. The van der Waals surface area contributed by atoms with Gasteiger partial charge in [0.1, 0.15) is 11.9 Å². The molecule has 1 aromatic carbocycles. The lowest BCUT2D eigenvalue weighted by Gasteiger charge is -2.36. The molecule has 6 nitrogen and oxygen atoms in total. The van der Waals surface area contributed by atoms with Gasteiger partial charge in [-0.1, -0.05) is 12.5 Å². The summed E-state index contributed by atoms with van der Waals surface area (Å²) in [7, 11) is 0. The first kappa shape index (κ1) is 15.9. The molecule has 0 radical (unpaired) electrons. The number of hydrogen-bond donors (Lipinski definition) is 1. The molecule has 5 rings (SSSR count). The summed E-state index contributed by atoms with van der Waals surface area (Å²) in [5.41, 5.74) is 3.48. The molecule has 0 bridgehead atoms. The molecule has 1 N–H and O–H groups in total. The fourth-order valence-corrected chi connectivity index (χ4v) is 4.13. The molecule has 3 heterocycles. The van der Waals surface area contributed by atoms with Gasteiger partial charge in [0.2, 0.25) is 0 Å². The Hall–Kier alpha value is -2.31. The van der Waals surface area contributed by atoms with Crippen LogP contribution >= 0.6 is 0 Å². The number of imidazole rings is 1. The van der Waals surface area contributed by atoms with E-state index in [1.165, 1.54) is 19.3 Å². The van der Waals surface area contributed by atoms with Crippen LogP contribution in [0.1, 0.15) is 42.4 Å². The summed E-state index contributed by atoms with van der Waals surface area (Å²) in [6.45, 7) is 3.20. The van der Waals surface area contributed by atoms with Gasteiger partial charge < -0.3 is 9.67 Å². The normalized spacial score (nSPS) is 19.7. The molecule has 1 atom stereocenters. The number of rotatable bonds is 3. The summed E-state index contributed by atoms with van der Waals surface area (Å²) in [5, 5.41) is 10.6. The summed E-state index contributed by atoms with van der Waals surface area (Å²) in [6, 6.07) is 6.84. The first-order chi connectivity index (χ1) is 12.8. The van der Waals surface area contributed by atoms with Crippen LogP contribution in [0.2, 0.25) is 0 Å². The van der Waals surface area contributed by atoms with Crippen molar-refractivity contribution in [3.05, 3.63) is 53.9 Å². The zero-order valence-electron chi connectivity index (χ0n) is 14.8. The van der Waals surface area contributed by atoms with Gasteiger partial charge >= 0.3 is 0 Å². The second kappa shape index (κ2) is 6.45. The molecular weight excluding hydrogens is 326 g/mol. The molecule has 1 fully saturated rings. The molecule has 0 saturated heterocycles. The van der Waals surface area contributed by atoms with Crippen molar-refractivity contribution in [2.75, 3.05) is 13.1 Å². The summed E-state index contributed by atoms with van der Waals surface area (Å²) < 4.78 is 2.35. The molecule has 2 aliphatic rings. The first-order valence-electron chi connectivity index (χ1n) is 9.47. The lowest BCUT2D eigenvalue weighted by Crippen LogP contribution is -2.41. The van der Waals surface area contributed by atoms with Crippen molar-refractivity contribution in [2.24, 2.45) is 0 Å². The molecular formula is C20H23N5O. The van der Waals surface area contributed by atoms with E-state index in [9.17, 15) is 5.11 Å². The van der Waals surface area contributed by atoms with Crippen molar-refractivity contribution in [1.29, 1.82) is 0 Å². The molecule has 6 heteroatoms. The Labute approximate surface area is 152 Å². The van der Waals surface area contributed by atoms with Gasteiger partial charge in [0.25, 0.3) is 0 Å². The van der Waals surface area contributed by atoms with E-state index in [0.717, 1.165) is 54.5 Å². The van der Waals surface area contributed by atoms with E-state index < -0.39 is 6.10 Å². The zero-order chi connectivity index (χ0) is 17.5. The minimum absolute atomic E-state index is 0.559. The van der Waals surface area contributed by atoms with E-state index in [1.807, 2.05) is 12.1 Å². The molecule has 0 amide bonds. The van der Waals surface area contributed by atoms with E-state index in [2.05, 4.69) is 25.5 Å². The van der Waals surface area contributed by atoms with E-state index in [1.54, 1.807) is 18.6 Å². The summed E-state index contributed by atoms with van der Waals surface area (Å²) in [5.74, 6) is 1.16. The molecule has 26 heavy (non-hydrogen) atoms. The Morgan fingerprint density at radius 2 is 2.04 bits per heavy atom. The number of benzene rings is 1. The minimum Gasteiger partial charge on any atom is -0.382 e. The quantitative estimate of drug-likeness (QED) is 0.786.